The van der Waals surface area contributed by atoms with Crippen molar-refractivity contribution in [2.75, 3.05) is 6.54 Å². The van der Waals surface area contributed by atoms with Crippen LogP contribution in [0.2, 0.25) is 0 Å². The highest BCUT2D eigenvalue weighted by Crippen LogP contribution is 2.14. The Morgan fingerprint density at radius 3 is 2.80 bits per heavy atom. The van der Waals surface area contributed by atoms with Crippen LogP contribution >= 0.6 is 0 Å². The van der Waals surface area contributed by atoms with Gasteiger partial charge in [0.25, 0.3) is 0 Å². The van der Waals surface area contributed by atoms with Crippen molar-refractivity contribution in [2.45, 2.75) is 12.5 Å². The Balaban J connectivity index is 2.85. The van der Waals surface area contributed by atoms with Gasteiger partial charge in [-0.05, 0) is 18.6 Å². The molecular formula is C7H13N3. The Morgan fingerprint density at radius 1 is 1.70 bits per heavy atom. The van der Waals surface area contributed by atoms with Gasteiger partial charge in [-0.3, -0.25) is 0 Å². The van der Waals surface area contributed by atoms with E-state index in [1.54, 1.807) is 0 Å². The van der Waals surface area contributed by atoms with Gasteiger partial charge in [0.05, 0.1) is 5.54 Å². The average molecular weight is 139 g/mol. The maximum Gasteiger partial charge on any atom is 0.0520 e. The summed E-state index contributed by atoms with van der Waals surface area (Å²) in [6, 6.07) is 1.94. The zero-order chi connectivity index (χ0) is 7.61. The van der Waals surface area contributed by atoms with Gasteiger partial charge in [-0.15, -0.1) is 0 Å². The SMILES string of the molecule is CC(N)(CN)c1cc[nH]c1. The Labute approximate surface area is 60.4 Å². The van der Waals surface area contributed by atoms with Crippen LogP contribution in [-0.4, -0.2) is 11.5 Å². The van der Waals surface area contributed by atoms with Gasteiger partial charge in [-0.25, -0.2) is 0 Å². The first-order valence-electron chi connectivity index (χ1n) is 3.29. The van der Waals surface area contributed by atoms with Gasteiger partial charge in [-0.1, -0.05) is 0 Å². The molecule has 0 radical (unpaired) electrons. The Kier molecular flexibility index (Phi) is 1.78. The topological polar surface area (TPSA) is 67.8 Å². The summed E-state index contributed by atoms with van der Waals surface area (Å²) in [5.74, 6) is 0. The largest absolute Gasteiger partial charge is 0.367 e. The molecule has 0 aliphatic carbocycles. The second kappa shape index (κ2) is 2.44. The van der Waals surface area contributed by atoms with Gasteiger partial charge in [-0.2, -0.15) is 0 Å². The predicted octanol–water partition coefficient (Wildman–Crippen LogP) is 0.147. The molecule has 0 bridgehead atoms. The number of rotatable bonds is 2. The number of nitrogens with one attached hydrogen (secondary N) is 1. The van der Waals surface area contributed by atoms with Gasteiger partial charge in [0.2, 0.25) is 0 Å². The molecule has 1 atom stereocenters. The Hall–Kier alpha value is -0.800. The van der Waals surface area contributed by atoms with Crippen LogP contribution in [0.5, 0.6) is 0 Å². The van der Waals surface area contributed by atoms with Crippen LogP contribution in [0.25, 0.3) is 0 Å². The molecule has 0 aromatic carbocycles. The molecule has 3 heteroatoms. The lowest BCUT2D eigenvalue weighted by molar-refractivity contribution is 0.508. The molecule has 0 saturated carbocycles. The van der Waals surface area contributed by atoms with Gasteiger partial charge >= 0.3 is 0 Å². The van der Waals surface area contributed by atoms with Gasteiger partial charge in [0.15, 0.2) is 0 Å². The predicted molar refractivity (Wildman–Crippen MR) is 41.4 cm³/mol. The Bertz CT molecular complexity index is 189. The fourth-order valence-electron chi connectivity index (χ4n) is 0.797. The third kappa shape index (κ3) is 1.20. The van der Waals surface area contributed by atoms with Crippen molar-refractivity contribution in [1.29, 1.82) is 0 Å². The van der Waals surface area contributed by atoms with Crippen LogP contribution in [0, 0.1) is 0 Å². The summed E-state index contributed by atoms with van der Waals surface area (Å²) in [6.45, 7) is 2.38. The van der Waals surface area contributed by atoms with Crippen molar-refractivity contribution < 1.29 is 0 Å². The summed E-state index contributed by atoms with van der Waals surface area (Å²) in [6.07, 6.45) is 3.71. The molecule has 0 aliphatic rings. The lowest BCUT2D eigenvalue weighted by atomic mass is 9.97. The van der Waals surface area contributed by atoms with Gasteiger partial charge in [0.1, 0.15) is 0 Å². The maximum absolute atomic E-state index is 5.84. The van der Waals surface area contributed by atoms with E-state index in [0.29, 0.717) is 6.54 Å². The second-order valence-corrected chi connectivity index (χ2v) is 2.72. The van der Waals surface area contributed by atoms with Gasteiger partial charge < -0.3 is 16.5 Å². The lowest BCUT2D eigenvalue weighted by Gasteiger charge is -2.20. The maximum atomic E-state index is 5.84. The van der Waals surface area contributed by atoms with Gasteiger partial charge in [0, 0.05) is 18.9 Å². The first-order valence-corrected chi connectivity index (χ1v) is 3.29. The van der Waals surface area contributed by atoms with Crippen molar-refractivity contribution >= 4 is 0 Å². The summed E-state index contributed by atoms with van der Waals surface area (Å²) in [7, 11) is 0. The monoisotopic (exact) mass is 139 g/mol. The second-order valence-electron chi connectivity index (χ2n) is 2.72. The summed E-state index contributed by atoms with van der Waals surface area (Å²) in [5.41, 5.74) is 12.0. The summed E-state index contributed by atoms with van der Waals surface area (Å²) >= 11 is 0. The number of hydrogen-bond acceptors (Lipinski definition) is 2. The van der Waals surface area contributed by atoms with E-state index in [1.807, 2.05) is 25.4 Å². The molecule has 0 saturated heterocycles. The minimum Gasteiger partial charge on any atom is -0.367 e. The highest BCUT2D eigenvalue weighted by Gasteiger charge is 2.18. The first-order chi connectivity index (χ1) is 4.67. The van der Waals surface area contributed by atoms with E-state index < -0.39 is 0 Å². The van der Waals surface area contributed by atoms with E-state index in [-0.39, 0.29) is 5.54 Å². The van der Waals surface area contributed by atoms with Crippen molar-refractivity contribution in [1.82, 2.24) is 4.98 Å². The molecule has 5 N–H and O–H groups in total. The number of aromatic nitrogens is 1. The fourth-order valence-corrected chi connectivity index (χ4v) is 0.797. The van der Waals surface area contributed by atoms with Crippen molar-refractivity contribution in [3.63, 3.8) is 0 Å². The lowest BCUT2D eigenvalue weighted by Crippen LogP contribution is -2.40. The van der Waals surface area contributed by atoms with E-state index in [9.17, 15) is 0 Å². The molecule has 0 amide bonds. The summed E-state index contributed by atoms with van der Waals surface area (Å²) in [5, 5.41) is 0. The molecule has 0 fully saturated rings. The average Bonchev–Trinajstić information content (AvgIpc) is 2.38. The third-order valence-electron chi connectivity index (χ3n) is 1.68. The fraction of sp³-hybridized carbons (Fsp3) is 0.429. The number of H-pyrrole nitrogens is 1. The number of aromatic amines is 1. The van der Waals surface area contributed by atoms with E-state index >= 15 is 0 Å². The number of nitrogens with two attached hydrogens (primary N) is 2. The van der Waals surface area contributed by atoms with Crippen molar-refractivity contribution in [3.8, 4) is 0 Å². The quantitative estimate of drug-likeness (QED) is 0.546. The molecule has 1 unspecified atom stereocenters. The Morgan fingerprint density at radius 2 is 2.40 bits per heavy atom. The molecule has 1 aromatic rings. The molecule has 1 rings (SSSR count). The summed E-state index contributed by atoms with van der Waals surface area (Å²) in [4.78, 5) is 2.93. The third-order valence-corrected chi connectivity index (χ3v) is 1.68. The number of hydrogen-bond donors (Lipinski definition) is 3. The first kappa shape index (κ1) is 7.31. The standard InChI is InChI=1S/C7H13N3/c1-7(9,5-8)6-2-3-10-4-6/h2-4,10H,5,8-9H2,1H3. The normalized spacial score (nSPS) is 16.7. The highest BCUT2D eigenvalue weighted by atomic mass is 14.8. The van der Waals surface area contributed by atoms with Crippen LogP contribution < -0.4 is 11.5 Å². The minimum atomic E-state index is -0.389. The van der Waals surface area contributed by atoms with Crippen LogP contribution in [0.15, 0.2) is 18.5 Å². The molecule has 56 valence electrons. The molecule has 0 spiro atoms. The zero-order valence-corrected chi connectivity index (χ0v) is 6.09. The van der Waals surface area contributed by atoms with Crippen LogP contribution in [0.1, 0.15) is 12.5 Å². The molecule has 0 aliphatic heterocycles. The smallest absolute Gasteiger partial charge is 0.0520 e. The van der Waals surface area contributed by atoms with E-state index in [4.69, 9.17) is 11.5 Å². The molecular weight excluding hydrogens is 126 g/mol. The van der Waals surface area contributed by atoms with E-state index in [0.717, 1.165) is 5.56 Å². The van der Waals surface area contributed by atoms with E-state index in [1.165, 1.54) is 0 Å². The van der Waals surface area contributed by atoms with E-state index in [2.05, 4.69) is 4.98 Å². The highest BCUT2D eigenvalue weighted by molar-refractivity contribution is 5.19. The zero-order valence-electron chi connectivity index (χ0n) is 6.09. The van der Waals surface area contributed by atoms with Crippen LogP contribution in [-0.2, 0) is 5.54 Å². The molecule has 3 nitrogen and oxygen atoms in total. The molecule has 1 heterocycles. The van der Waals surface area contributed by atoms with Crippen molar-refractivity contribution in [2.24, 2.45) is 11.5 Å². The van der Waals surface area contributed by atoms with Crippen LogP contribution in [0.3, 0.4) is 0 Å². The summed E-state index contributed by atoms with van der Waals surface area (Å²) < 4.78 is 0. The minimum absolute atomic E-state index is 0.389. The molecule has 1 aromatic heterocycles. The molecule has 10 heavy (non-hydrogen) atoms. The van der Waals surface area contributed by atoms with Crippen LogP contribution in [0.4, 0.5) is 0 Å². The van der Waals surface area contributed by atoms with Crippen molar-refractivity contribution in [3.05, 3.63) is 24.0 Å².